The molecule has 0 saturated carbocycles. The van der Waals surface area contributed by atoms with E-state index in [-0.39, 0.29) is 16.9 Å². The van der Waals surface area contributed by atoms with Gasteiger partial charge in [-0.2, -0.15) is 9.61 Å². The van der Waals surface area contributed by atoms with Crippen LogP contribution in [-0.2, 0) is 5.75 Å². The fourth-order valence-corrected chi connectivity index (χ4v) is 2.96. The lowest BCUT2D eigenvalue weighted by atomic mass is 10.4. The summed E-state index contributed by atoms with van der Waals surface area (Å²) in [5, 5.41) is 4.27. The van der Waals surface area contributed by atoms with Crippen molar-refractivity contribution in [3.63, 3.8) is 0 Å². The largest absolute Gasteiger partial charge is 0.383 e. The molecule has 0 bridgehead atoms. The van der Waals surface area contributed by atoms with Crippen LogP contribution in [0.2, 0.25) is 0 Å². The summed E-state index contributed by atoms with van der Waals surface area (Å²) in [7, 11) is 0. The molecule has 8 nitrogen and oxygen atoms in total. The fraction of sp³-hybridized carbons (Fsp3) is 0.100. The van der Waals surface area contributed by atoms with Crippen LogP contribution in [0.25, 0.3) is 4.96 Å². The lowest BCUT2D eigenvalue weighted by Crippen LogP contribution is -2.15. The average molecular weight is 308 g/mol. The highest BCUT2D eigenvalue weighted by Gasteiger charge is 2.06. The van der Waals surface area contributed by atoms with Crippen molar-refractivity contribution in [3.8, 4) is 0 Å². The van der Waals surface area contributed by atoms with Crippen molar-refractivity contribution >= 4 is 33.9 Å². The van der Waals surface area contributed by atoms with Crippen molar-refractivity contribution in [1.82, 2.24) is 24.6 Å². The maximum atomic E-state index is 11.7. The molecule has 3 N–H and O–H groups in total. The number of rotatable bonds is 3. The Labute approximate surface area is 119 Å². The van der Waals surface area contributed by atoms with Crippen LogP contribution in [0.3, 0.4) is 0 Å². The fourth-order valence-electron chi connectivity index (χ4n) is 1.54. The number of hydrogen-bond donors (Lipinski definition) is 2. The Morgan fingerprint density at radius 1 is 1.35 bits per heavy atom. The molecule has 0 unspecified atom stereocenters. The van der Waals surface area contributed by atoms with Crippen LogP contribution in [0.15, 0.2) is 32.4 Å². The van der Waals surface area contributed by atoms with Crippen molar-refractivity contribution in [2.24, 2.45) is 0 Å². The zero-order chi connectivity index (χ0) is 14.1. The van der Waals surface area contributed by atoms with E-state index in [0.29, 0.717) is 21.6 Å². The lowest BCUT2D eigenvalue weighted by molar-refractivity contribution is 0.887. The van der Waals surface area contributed by atoms with Gasteiger partial charge in [0.05, 0.1) is 5.69 Å². The first-order valence-corrected chi connectivity index (χ1v) is 7.30. The normalized spacial score (nSPS) is 11.0. The number of nitrogens with zero attached hydrogens (tertiary/aromatic N) is 4. The summed E-state index contributed by atoms with van der Waals surface area (Å²) in [6.45, 7) is 0. The second-order valence-corrected chi connectivity index (χ2v) is 5.56. The maximum absolute atomic E-state index is 11.7. The summed E-state index contributed by atoms with van der Waals surface area (Å²) in [6, 6.07) is 2.61. The molecule has 3 aromatic heterocycles. The first-order chi connectivity index (χ1) is 9.61. The summed E-state index contributed by atoms with van der Waals surface area (Å²) < 4.78 is 1.24. The molecule has 0 radical (unpaired) electrons. The van der Waals surface area contributed by atoms with Crippen molar-refractivity contribution in [1.29, 1.82) is 0 Å². The van der Waals surface area contributed by atoms with Crippen LogP contribution < -0.4 is 16.9 Å². The van der Waals surface area contributed by atoms with Crippen LogP contribution in [0.5, 0.6) is 0 Å². The second kappa shape index (κ2) is 5.06. The number of aromatic amines is 1. The molecule has 0 aliphatic rings. The summed E-state index contributed by atoms with van der Waals surface area (Å²) in [4.78, 5) is 34.4. The lowest BCUT2D eigenvalue weighted by Gasteiger charge is -2.01. The third-order valence-electron chi connectivity index (χ3n) is 2.34. The van der Waals surface area contributed by atoms with Gasteiger partial charge in [0.25, 0.3) is 11.1 Å². The molecular formula is C10H8N6O2S2. The van der Waals surface area contributed by atoms with Crippen LogP contribution in [-0.4, -0.2) is 24.6 Å². The third-order valence-corrected chi connectivity index (χ3v) is 3.92. The quantitative estimate of drug-likeness (QED) is 0.520. The number of hydrogen-bond acceptors (Lipinski definition) is 8. The predicted octanol–water partition coefficient (Wildman–Crippen LogP) is 0.109. The van der Waals surface area contributed by atoms with Gasteiger partial charge in [0, 0.05) is 17.9 Å². The standard InChI is InChI=1S/C10H8N6O2S2/c11-6-2-7(17)15-9(14-6)19-3-5-1-8(18)16-10(13-5)20-4-12-16/h1-2,4H,3H2,(H3,11,14,15,17). The van der Waals surface area contributed by atoms with Gasteiger partial charge in [-0.3, -0.25) is 9.59 Å². The molecule has 0 saturated heterocycles. The molecule has 0 atom stereocenters. The minimum Gasteiger partial charge on any atom is -0.383 e. The van der Waals surface area contributed by atoms with Gasteiger partial charge in [-0.05, 0) is 0 Å². The Hall–Kier alpha value is -2.20. The van der Waals surface area contributed by atoms with Gasteiger partial charge in [-0.25, -0.2) is 9.97 Å². The van der Waals surface area contributed by atoms with Crippen molar-refractivity contribution in [3.05, 3.63) is 44.0 Å². The second-order valence-electron chi connectivity index (χ2n) is 3.78. The van der Waals surface area contributed by atoms with Gasteiger partial charge in [0.15, 0.2) is 5.16 Å². The monoisotopic (exact) mass is 308 g/mol. The topological polar surface area (TPSA) is 119 Å². The summed E-state index contributed by atoms with van der Waals surface area (Å²) in [6.07, 6.45) is 0. The van der Waals surface area contributed by atoms with E-state index < -0.39 is 0 Å². The molecule has 0 spiro atoms. The third kappa shape index (κ3) is 2.56. The molecule has 3 rings (SSSR count). The number of nitrogen functional groups attached to an aromatic ring is 1. The summed E-state index contributed by atoms with van der Waals surface area (Å²) in [5.41, 5.74) is 7.09. The van der Waals surface area contributed by atoms with Gasteiger partial charge < -0.3 is 10.7 Å². The van der Waals surface area contributed by atoms with E-state index in [0.717, 1.165) is 0 Å². The van der Waals surface area contributed by atoms with Gasteiger partial charge in [0.1, 0.15) is 11.3 Å². The number of thioether (sulfide) groups is 1. The number of nitrogens with two attached hydrogens (primary N) is 1. The Kier molecular flexibility index (Phi) is 3.24. The van der Waals surface area contributed by atoms with Gasteiger partial charge in [-0.1, -0.05) is 23.1 Å². The number of aromatic nitrogens is 5. The van der Waals surface area contributed by atoms with Gasteiger partial charge in [0.2, 0.25) is 4.96 Å². The SMILES string of the molecule is Nc1cc(=O)[nH]c(SCc2cc(=O)n3ncsc3n2)n1. The first-order valence-electron chi connectivity index (χ1n) is 5.44. The van der Waals surface area contributed by atoms with Gasteiger partial charge in [-0.15, -0.1) is 0 Å². The number of H-pyrrole nitrogens is 1. The Morgan fingerprint density at radius 3 is 3.00 bits per heavy atom. The summed E-state index contributed by atoms with van der Waals surface area (Å²) >= 11 is 2.53. The molecular weight excluding hydrogens is 300 g/mol. The molecule has 3 aromatic rings. The highest BCUT2D eigenvalue weighted by molar-refractivity contribution is 7.98. The van der Waals surface area contributed by atoms with Crippen LogP contribution in [0, 0.1) is 0 Å². The van der Waals surface area contributed by atoms with E-state index in [1.165, 1.54) is 39.7 Å². The number of fused-ring (bicyclic) bond motifs is 1. The molecule has 102 valence electrons. The number of nitrogens with one attached hydrogen (secondary N) is 1. The minimum atomic E-state index is -0.314. The van der Waals surface area contributed by atoms with Crippen molar-refractivity contribution < 1.29 is 0 Å². The molecule has 0 aliphatic carbocycles. The molecule has 0 aliphatic heterocycles. The average Bonchev–Trinajstić information content (AvgIpc) is 2.84. The number of anilines is 1. The summed E-state index contributed by atoms with van der Waals surface area (Å²) in [5.74, 6) is 0.554. The zero-order valence-electron chi connectivity index (χ0n) is 9.94. The Morgan fingerprint density at radius 2 is 2.20 bits per heavy atom. The first kappa shape index (κ1) is 12.8. The Bertz CT molecular complexity index is 883. The van der Waals surface area contributed by atoms with Crippen molar-refractivity contribution in [2.45, 2.75) is 10.9 Å². The molecule has 0 fully saturated rings. The van der Waals surface area contributed by atoms with E-state index in [4.69, 9.17) is 5.73 Å². The van der Waals surface area contributed by atoms with Crippen LogP contribution in [0.4, 0.5) is 5.82 Å². The molecule has 3 heterocycles. The molecule has 10 heteroatoms. The van der Waals surface area contributed by atoms with E-state index >= 15 is 0 Å². The molecule has 0 aromatic carbocycles. The predicted molar refractivity (Wildman–Crippen MR) is 76.0 cm³/mol. The van der Waals surface area contributed by atoms with Gasteiger partial charge >= 0.3 is 0 Å². The molecule has 0 amide bonds. The maximum Gasteiger partial charge on any atom is 0.275 e. The van der Waals surface area contributed by atoms with Crippen LogP contribution >= 0.6 is 23.1 Å². The van der Waals surface area contributed by atoms with Crippen molar-refractivity contribution in [2.75, 3.05) is 5.73 Å². The van der Waals surface area contributed by atoms with E-state index in [1.807, 2.05) is 0 Å². The van der Waals surface area contributed by atoms with Crippen LogP contribution in [0.1, 0.15) is 5.69 Å². The minimum absolute atomic E-state index is 0.155. The van der Waals surface area contributed by atoms with E-state index in [2.05, 4.69) is 20.1 Å². The highest BCUT2D eigenvalue weighted by Crippen LogP contribution is 2.17. The molecule has 20 heavy (non-hydrogen) atoms. The van der Waals surface area contributed by atoms with E-state index in [1.54, 1.807) is 5.51 Å². The zero-order valence-corrected chi connectivity index (χ0v) is 11.6. The Balaban J connectivity index is 1.86. The highest BCUT2D eigenvalue weighted by atomic mass is 32.2. The smallest absolute Gasteiger partial charge is 0.275 e. The van der Waals surface area contributed by atoms with E-state index in [9.17, 15) is 9.59 Å².